The highest BCUT2D eigenvalue weighted by Crippen LogP contribution is 2.29. The van der Waals surface area contributed by atoms with E-state index in [4.69, 9.17) is 5.73 Å². The van der Waals surface area contributed by atoms with Gasteiger partial charge in [-0.15, -0.1) is 0 Å². The minimum Gasteiger partial charge on any atom is -0.399 e. The first kappa shape index (κ1) is 9.27. The van der Waals surface area contributed by atoms with Crippen molar-refractivity contribution in [1.82, 2.24) is 9.78 Å². The number of hydrogen-bond acceptors (Lipinski definition) is 3. The van der Waals surface area contributed by atoms with E-state index in [0.717, 1.165) is 42.1 Å². The van der Waals surface area contributed by atoms with Gasteiger partial charge in [0, 0.05) is 24.3 Å². The third kappa shape index (κ3) is 1.43. The largest absolute Gasteiger partial charge is 0.399 e. The molecule has 0 atom stereocenters. The number of rotatable bonds is 1. The second-order valence-corrected chi connectivity index (χ2v) is 4.03. The summed E-state index contributed by atoms with van der Waals surface area (Å²) in [6.45, 7) is 2.02. The molecule has 0 fully saturated rings. The van der Waals surface area contributed by atoms with Crippen LogP contribution >= 0.6 is 0 Å². The second kappa shape index (κ2) is 3.56. The van der Waals surface area contributed by atoms with Crippen LogP contribution in [0, 0.1) is 0 Å². The van der Waals surface area contributed by atoms with Gasteiger partial charge < -0.3 is 11.1 Å². The van der Waals surface area contributed by atoms with E-state index in [2.05, 4.69) is 10.4 Å². The SMILES string of the molecule is Nc1ccc(-c2cnn3c2NCCC3)cc1. The van der Waals surface area contributed by atoms with Crippen molar-refractivity contribution in [1.29, 1.82) is 0 Å². The molecule has 2 heterocycles. The molecule has 1 aromatic heterocycles. The van der Waals surface area contributed by atoms with Crippen molar-refractivity contribution in [2.75, 3.05) is 17.6 Å². The predicted octanol–water partition coefficient (Wildman–Crippen LogP) is 1.95. The van der Waals surface area contributed by atoms with Crippen LogP contribution in [-0.4, -0.2) is 16.3 Å². The molecular weight excluding hydrogens is 200 g/mol. The van der Waals surface area contributed by atoms with E-state index in [1.54, 1.807) is 0 Å². The van der Waals surface area contributed by atoms with Gasteiger partial charge in [0.2, 0.25) is 0 Å². The Bertz CT molecular complexity index is 498. The molecular formula is C12H14N4. The molecule has 1 aliphatic heterocycles. The lowest BCUT2D eigenvalue weighted by Crippen LogP contribution is -2.17. The summed E-state index contributed by atoms with van der Waals surface area (Å²) in [5, 5.41) is 7.77. The normalized spacial score (nSPS) is 14.2. The maximum atomic E-state index is 5.68. The smallest absolute Gasteiger partial charge is 0.132 e. The first-order chi connectivity index (χ1) is 7.84. The zero-order valence-corrected chi connectivity index (χ0v) is 8.98. The molecule has 0 spiro atoms. The fourth-order valence-electron chi connectivity index (χ4n) is 2.05. The third-order valence-corrected chi connectivity index (χ3v) is 2.90. The number of nitrogens with one attached hydrogen (secondary N) is 1. The van der Waals surface area contributed by atoms with Crippen LogP contribution in [0.5, 0.6) is 0 Å². The molecule has 4 nitrogen and oxygen atoms in total. The standard InChI is InChI=1S/C12H14N4/c13-10-4-2-9(3-5-10)11-8-15-16-7-1-6-14-12(11)16/h2-5,8,14H,1,6-7,13H2. The number of benzene rings is 1. The number of nitrogens with zero attached hydrogens (tertiary/aromatic N) is 2. The van der Waals surface area contributed by atoms with Gasteiger partial charge in [-0.3, -0.25) is 0 Å². The van der Waals surface area contributed by atoms with Crippen molar-refractivity contribution < 1.29 is 0 Å². The quantitative estimate of drug-likeness (QED) is 0.713. The van der Waals surface area contributed by atoms with E-state index in [0.29, 0.717) is 0 Å². The molecule has 2 aromatic rings. The molecule has 3 N–H and O–H groups in total. The van der Waals surface area contributed by atoms with Gasteiger partial charge in [0.15, 0.2) is 0 Å². The van der Waals surface area contributed by atoms with E-state index >= 15 is 0 Å². The van der Waals surface area contributed by atoms with Gasteiger partial charge in [0.25, 0.3) is 0 Å². The number of hydrogen-bond donors (Lipinski definition) is 2. The Labute approximate surface area is 94.1 Å². The van der Waals surface area contributed by atoms with Gasteiger partial charge in [0.05, 0.1) is 6.20 Å². The molecule has 3 rings (SSSR count). The van der Waals surface area contributed by atoms with Gasteiger partial charge in [-0.2, -0.15) is 5.10 Å². The number of nitrogens with two attached hydrogens (primary N) is 1. The van der Waals surface area contributed by atoms with Crippen LogP contribution in [-0.2, 0) is 6.54 Å². The maximum Gasteiger partial charge on any atom is 0.132 e. The number of aryl methyl sites for hydroxylation is 1. The molecule has 0 aliphatic carbocycles. The lowest BCUT2D eigenvalue weighted by Gasteiger charge is -2.17. The molecule has 0 bridgehead atoms. The van der Waals surface area contributed by atoms with Gasteiger partial charge >= 0.3 is 0 Å². The maximum absolute atomic E-state index is 5.68. The second-order valence-electron chi connectivity index (χ2n) is 4.03. The van der Waals surface area contributed by atoms with Crippen LogP contribution in [0.15, 0.2) is 30.5 Å². The molecule has 1 aromatic carbocycles. The molecule has 1 aliphatic rings. The fraction of sp³-hybridized carbons (Fsp3) is 0.250. The van der Waals surface area contributed by atoms with Crippen LogP contribution in [0.1, 0.15) is 6.42 Å². The Morgan fingerprint density at radius 3 is 2.88 bits per heavy atom. The lowest BCUT2D eigenvalue weighted by atomic mass is 10.1. The van der Waals surface area contributed by atoms with E-state index < -0.39 is 0 Å². The van der Waals surface area contributed by atoms with Crippen LogP contribution in [0.2, 0.25) is 0 Å². The zero-order chi connectivity index (χ0) is 11.0. The van der Waals surface area contributed by atoms with Crippen LogP contribution in [0.3, 0.4) is 0 Å². The summed E-state index contributed by atoms with van der Waals surface area (Å²) in [7, 11) is 0. The summed E-state index contributed by atoms with van der Waals surface area (Å²) in [4.78, 5) is 0. The Kier molecular flexibility index (Phi) is 2.06. The highest BCUT2D eigenvalue weighted by molar-refractivity contribution is 5.76. The highest BCUT2D eigenvalue weighted by Gasteiger charge is 2.14. The lowest BCUT2D eigenvalue weighted by molar-refractivity contribution is 0.568. The van der Waals surface area contributed by atoms with Crippen molar-refractivity contribution in [3.63, 3.8) is 0 Å². The molecule has 4 heteroatoms. The van der Waals surface area contributed by atoms with Crippen molar-refractivity contribution >= 4 is 11.5 Å². The minimum absolute atomic E-state index is 0.790. The number of anilines is 2. The molecule has 0 radical (unpaired) electrons. The summed E-state index contributed by atoms with van der Waals surface area (Å²) in [6.07, 6.45) is 3.05. The first-order valence-electron chi connectivity index (χ1n) is 5.50. The Morgan fingerprint density at radius 1 is 1.25 bits per heavy atom. The minimum atomic E-state index is 0.790. The summed E-state index contributed by atoms with van der Waals surface area (Å²) >= 11 is 0. The Hall–Kier alpha value is -1.97. The third-order valence-electron chi connectivity index (χ3n) is 2.90. The van der Waals surface area contributed by atoms with E-state index in [1.807, 2.05) is 35.1 Å². The van der Waals surface area contributed by atoms with Gasteiger partial charge in [-0.1, -0.05) is 12.1 Å². The number of fused-ring (bicyclic) bond motifs is 1. The van der Waals surface area contributed by atoms with Crippen molar-refractivity contribution in [3.8, 4) is 11.1 Å². The van der Waals surface area contributed by atoms with Crippen LogP contribution in [0.4, 0.5) is 11.5 Å². The van der Waals surface area contributed by atoms with Gasteiger partial charge in [-0.25, -0.2) is 4.68 Å². The summed E-state index contributed by atoms with van der Waals surface area (Å²) < 4.78 is 2.02. The van der Waals surface area contributed by atoms with Crippen molar-refractivity contribution in [3.05, 3.63) is 30.5 Å². The predicted molar refractivity (Wildman–Crippen MR) is 65.2 cm³/mol. The van der Waals surface area contributed by atoms with E-state index in [1.165, 1.54) is 0 Å². The monoisotopic (exact) mass is 214 g/mol. The molecule has 0 saturated carbocycles. The average molecular weight is 214 g/mol. The topological polar surface area (TPSA) is 55.9 Å². The summed E-state index contributed by atoms with van der Waals surface area (Å²) in [5.41, 5.74) is 8.78. The summed E-state index contributed by atoms with van der Waals surface area (Å²) in [5.74, 6) is 1.12. The van der Waals surface area contributed by atoms with Crippen LogP contribution < -0.4 is 11.1 Å². The Morgan fingerprint density at radius 2 is 2.06 bits per heavy atom. The van der Waals surface area contributed by atoms with Crippen molar-refractivity contribution in [2.24, 2.45) is 0 Å². The van der Waals surface area contributed by atoms with E-state index in [-0.39, 0.29) is 0 Å². The number of aromatic nitrogens is 2. The fourth-order valence-corrected chi connectivity index (χ4v) is 2.05. The van der Waals surface area contributed by atoms with Crippen molar-refractivity contribution in [2.45, 2.75) is 13.0 Å². The molecule has 16 heavy (non-hydrogen) atoms. The molecule has 0 saturated heterocycles. The highest BCUT2D eigenvalue weighted by atomic mass is 15.3. The average Bonchev–Trinajstić information content (AvgIpc) is 2.74. The molecule has 82 valence electrons. The first-order valence-corrected chi connectivity index (χ1v) is 5.50. The zero-order valence-electron chi connectivity index (χ0n) is 8.98. The molecule has 0 unspecified atom stereocenters. The van der Waals surface area contributed by atoms with E-state index in [9.17, 15) is 0 Å². The number of nitrogen functional groups attached to an aromatic ring is 1. The summed E-state index contributed by atoms with van der Waals surface area (Å²) in [6, 6.07) is 7.90. The van der Waals surface area contributed by atoms with Gasteiger partial charge in [0.1, 0.15) is 5.82 Å². The molecule has 0 amide bonds. The Balaban J connectivity index is 2.06. The van der Waals surface area contributed by atoms with Gasteiger partial charge in [-0.05, 0) is 24.1 Å². The van der Waals surface area contributed by atoms with Crippen LogP contribution in [0.25, 0.3) is 11.1 Å².